The molecule has 0 spiro atoms. The molecule has 0 aliphatic heterocycles. The minimum atomic E-state index is -3.02. The van der Waals surface area contributed by atoms with Crippen molar-refractivity contribution in [2.45, 2.75) is 32.6 Å². The fourth-order valence-corrected chi connectivity index (χ4v) is 2.08. The lowest BCUT2D eigenvalue weighted by atomic mass is 10.2. The van der Waals surface area contributed by atoms with Gasteiger partial charge in [-0.3, -0.25) is 0 Å². The van der Waals surface area contributed by atoms with E-state index in [1.165, 1.54) is 0 Å². The van der Waals surface area contributed by atoms with Gasteiger partial charge >= 0.3 is 0 Å². The fourth-order valence-electron chi connectivity index (χ4n) is 0.978. The van der Waals surface area contributed by atoms with Gasteiger partial charge in [0.05, 0.1) is 18.1 Å². The Labute approximate surface area is 74.7 Å². The van der Waals surface area contributed by atoms with Crippen LogP contribution in [0.4, 0.5) is 0 Å². The zero-order chi connectivity index (χ0) is 9.45. The Hall–Kier alpha value is -0.0900. The minimum absolute atomic E-state index is 0.190. The second-order valence-electron chi connectivity index (χ2n) is 2.92. The van der Waals surface area contributed by atoms with Crippen molar-refractivity contribution >= 4 is 9.84 Å². The van der Waals surface area contributed by atoms with Crippen LogP contribution in [-0.4, -0.2) is 26.5 Å². The van der Waals surface area contributed by atoms with Gasteiger partial charge in [0.25, 0.3) is 0 Å². The van der Waals surface area contributed by atoms with Crippen LogP contribution in [0, 0.1) is 0 Å². The zero-order valence-corrected chi connectivity index (χ0v) is 8.40. The van der Waals surface area contributed by atoms with Gasteiger partial charge in [-0.15, -0.1) is 0 Å². The molecule has 4 heteroatoms. The molecule has 0 saturated carbocycles. The molecule has 0 amide bonds. The van der Waals surface area contributed by atoms with Gasteiger partial charge in [0, 0.05) is 0 Å². The molecule has 0 aliphatic rings. The summed E-state index contributed by atoms with van der Waals surface area (Å²) in [5.41, 5.74) is 0. The molecule has 73 valence electrons. The standard InChI is InChI=1S/C8H17O3S/c1-2-3-4-5-7-12(10,11)8-6-9/h2-8H2,1H3. The Morgan fingerprint density at radius 1 is 1.00 bits per heavy atom. The Bertz CT molecular complexity index is 184. The first kappa shape index (κ1) is 11.9. The maximum atomic E-state index is 11.0. The maximum absolute atomic E-state index is 11.0. The van der Waals surface area contributed by atoms with Crippen molar-refractivity contribution < 1.29 is 13.5 Å². The van der Waals surface area contributed by atoms with E-state index in [-0.39, 0.29) is 11.5 Å². The van der Waals surface area contributed by atoms with Crippen LogP contribution in [0.25, 0.3) is 0 Å². The van der Waals surface area contributed by atoms with Gasteiger partial charge in [-0.25, -0.2) is 13.5 Å². The van der Waals surface area contributed by atoms with Crippen LogP contribution >= 0.6 is 0 Å². The van der Waals surface area contributed by atoms with E-state index in [1.54, 1.807) is 0 Å². The largest absolute Gasteiger partial charge is 0.236 e. The molecule has 1 radical (unpaired) electrons. The highest BCUT2D eigenvalue weighted by Crippen LogP contribution is 2.02. The average molecular weight is 193 g/mol. The molecule has 0 bridgehead atoms. The third kappa shape index (κ3) is 6.61. The second-order valence-corrected chi connectivity index (χ2v) is 5.22. The monoisotopic (exact) mass is 193 g/mol. The molecule has 0 N–H and O–H groups in total. The first-order valence-electron chi connectivity index (χ1n) is 4.41. The van der Waals surface area contributed by atoms with Crippen molar-refractivity contribution in [3.63, 3.8) is 0 Å². The zero-order valence-electron chi connectivity index (χ0n) is 7.58. The number of unbranched alkanes of at least 4 members (excludes halogenated alkanes) is 3. The summed E-state index contributed by atoms with van der Waals surface area (Å²) in [4.78, 5) is 0. The Morgan fingerprint density at radius 3 is 2.17 bits per heavy atom. The summed E-state index contributed by atoms with van der Waals surface area (Å²) in [5, 5.41) is 10.1. The predicted molar refractivity (Wildman–Crippen MR) is 48.3 cm³/mol. The highest BCUT2D eigenvalue weighted by atomic mass is 32.2. The van der Waals surface area contributed by atoms with Crippen LogP contribution in [0.2, 0.25) is 0 Å². The average Bonchev–Trinajstić information content (AvgIpc) is 1.98. The van der Waals surface area contributed by atoms with E-state index in [0.717, 1.165) is 19.3 Å². The van der Waals surface area contributed by atoms with Crippen molar-refractivity contribution in [1.29, 1.82) is 0 Å². The molecule has 0 heterocycles. The normalized spacial score (nSPS) is 11.8. The quantitative estimate of drug-likeness (QED) is 0.574. The van der Waals surface area contributed by atoms with Crippen molar-refractivity contribution in [3.8, 4) is 0 Å². The third-order valence-electron chi connectivity index (χ3n) is 1.70. The molecule has 0 unspecified atom stereocenters. The van der Waals surface area contributed by atoms with Crippen molar-refractivity contribution in [2.24, 2.45) is 0 Å². The van der Waals surface area contributed by atoms with Crippen LogP contribution in [0.5, 0.6) is 0 Å². The van der Waals surface area contributed by atoms with Gasteiger partial charge in [-0.05, 0) is 6.42 Å². The van der Waals surface area contributed by atoms with Gasteiger partial charge in [-0.1, -0.05) is 26.2 Å². The molecule has 0 aliphatic carbocycles. The predicted octanol–water partition coefficient (Wildman–Crippen LogP) is 1.41. The number of hydrogen-bond donors (Lipinski definition) is 0. The summed E-state index contributed by atoms with van der Waals surface area (Å²) in [5.74, 6) is -0.00559. The summed E-state index contributed by atoms with van der Waals surface area (Å²) >= 11 is 0. The third-order valence-corrected chi connectivity index (χ3v) is 3.40. The van der Waals surface area contributed by atoms with Crippen molar-refractivity contribution in [1.82, 2.24) is 0 Å². The van der Waals surface area contributed by atoms with E-state index < -0.39 is 16.4 Å². The summed E-state index contributed by atoms with van der Waals surface area (Å²) in [6, 6.07) is 0. The van der Waals surface area contributed by atoms with E-state index in [4.69, 9.17) is 0 Å². The van der Waals surface area contributed by atoms with Gasteiger partial charge in [0.15, 0.2) is 9.84 Å². The van der Waals surface area contributed by atoms with Gasteiger partial charge in [-0.2, -0.15) is 0 Å². The molecular weight excluding hydrogens is 176 g/mol. The minimum Gasteiger partial charge on any atom is -0.236 e. The van der Waals surface area contributed by atoms with Crippen LogP contribution in [-0.2, 0) is 14.9 Å². The van der Waals surface area contributed by atoms with Crippen molar-refractivity contribution in [2.75, 3.05) is 18.1 Å². The Morgan fingerprint density at radius 2 is 1.67 bits per heavy atom. The molecule has 3 nitrogen and oxygen atoms in total. The summed E-state index contributed by atoms with van der Waals surface area (Å²) in [6.07, 6.45) is 3.83. The first-order valence-corrected chi connectivity index (χ1v) is 6.23. The summed E-state index contributed by atoms with van der Waals surface area (Å²) in [6.45, 7) is 1.57. The van der Waals surface area contributed by atoms with Crippen LogP contribution < -0.4 is 0 Å². The molecule has 0 aromatic rings. The molecule has 12 heavy (non-hydrogen) atoms. The van der Waals surface area contributed by atoms with E-state index in [2.05, 4.69) is 6.92 Å². The summed E-state index contributed by atoms with van der Waals surface area (Å²) < 4.78 is 22.0. The first-order chi connectivity index (χ1) is 5.62. The maximum Gasteiger partial charge on any atom is 0.152 e. The summed E-state index contributed by atoms with van der Waals surface area (Å²) in [7, 11) is -3.02. The van der Waals surface area contributed by atoms with Crippen LogP contribution in [0.1, 0.15) is 32.6 Å². The number of rotatable bonds is 7. The van der Waals surface area contributed by atoms with Gasteiger partial charge in [0.1, 0.15) is 0 Å². The molecule has 0 aromatic heterocycles. The molecular formula is C8H17O3S. The van der Waals surface area contributed by atoms with Crippen molar-refractivity contribution in [3.05, 3.63) is 0 Å². The smallest absolute Gasteiger partial charge is 0.152 e. The lowest BCUT2D eigenvalue weighted by molar-refractivity contribution is 0.213. The lowest BCUT2D eigenvalue weighted by Crippen LogP contribution is -2.13. The molecule has 0 fully saturated rings. The highest BCUT2D eigenvalue weighted by Gasteiger charge is 2.08. The van der Waals surface area contributed by atoms with Crippen LogP contribution in [0.15, 0.2) is 0 Å². The SMILES string of the molecule is CCCCCCS(=O)(=O)CC[O]. The van der Waals surface area contributed by atoms with E-state index in [0.29, 0.717) is 6.42 Å². The van der Waals surface area contributed by atoms with Gasteiger partial charge < -0.3 is 0 Å². The number of sulfone groups is 1. The molecule has 0 saturated heterocycles. The van der Waals surface area contributed by atoms with E-state index in [1.807, 2.05) is 0 Å². The molecule has 0 atom stereocenters. The van der Waals surface area contributed by atoms with Gasteiger partial charge in [0.2, 0.25) is 0 Å². The van der Waals surface area contributed by atoms with E-state index >= 15 is 0 Å². The Kier molecular flexibility index (Phi) is 6.38. The van der Waals surface area contributed by atoms with Crippen LogP contribution in [0.3, 0.4) is 0 Å². The van der Waals surface area contributed by atoms with E-state index in [9.17, 15) is 13.5 Å². The highest BCUT2D eigenvalue weighted by molar-refractivity contribution is 7.91. The Balaban J connectivity index is 3.48. The topological polar surface area (TPSA) is 54.0 Å². The number of hydrogen-bond acceptors (Lipinski definition) is 2. The molecule has 0 rings (SSSR count). The lowest BCUT2D eigenvalue weighted by Gasteiger charge is -2.00. The molecule has 0 aromatic carbocycles. The second kappa shape index (κ2) is 6.43. The fraction of sp³-hybridized carbons (Fsp3) is 1.00.